The number of hydrogen-bond donors (Lipinski definition) is 2. The number of benzene rings is 3. The maximum Gasteiger partial charge on any atom is 0.255 e. The minimum Gasteiger partial charge on any atom is -0.340 e. The minimum atomic E-state index is -0.292. The van der Waals surface area contributed by atoms with Crippen molar-refractivity contribution in [3.05, 3.63) is 102 Å². The van der Waals surface area contributed by atoms with Gasteiger partial charge in [-0.15, -0.1) is 0 Å². The molecule has 2 N–H and O–H groups in total. The summed E-state index contributed by atoms with van der Waals surface area (Å²) < 4.78 is 13.2. The van der Waals surface area contributed by atoms with Gasteiger partial charge in [-0.2, -0.15) is 0 Å². The van der Waals surface area contributed by atoms with E-state index in [1.54, 1.807) is 30.3 Å². The summed E-state index contributed by atoms with van der Waals surface area (Å²) in [6.07, 6.45) is 4.83. The molecule has 33 heavy (non-hydrogen) atoms. The topological polar surface area (TPSA) is 66.9 Å². The van der Waals surface area contributed by atoms with Crippen LogP contribution in [0.2, 0.25) is 0 Å². The molecule has 0 aliphatic carbocycles. The fourth-order valence-electron chi connectivity index (χ4n) is 3.40. The lowest BCUT2D eigenvalue weighted by atomic mass is 10.1. The summed E-state index contributed by atoms with van der Waals surface area (Å²) in [6.45, 7) is 2.17. The zero-order valence-corrected chi connectivity index (χ0v) is 18.4. The van der Waals surface area contributed by atoms with Crippen LogP contribution in [0.4, 0.5) is 21.6 Å². The van der Waals surface area contributed by atoms with Gasteiger partial charge in [0, 0.05) is 28.6 Å². The Morgan fingerprint density at radius 2 is 1.58 bits per heavy atom. The largest absolute Gasteiger partial charge is 0.340 e. The number of aryl methyl sites for hydroxylation is 1. The maximum atomic E-state index is 13.2. The van der Waals surface area contributed by atoms with Crippen molar-refractivity contribution >= 4 is 23.1 Å². The molecule has 6 heteroatoms. The Morgan fingerprint density at radius 3 is 2.27 bits per heavy atom. The molecule has 0 saturated heterocycles. The molecular formula is C27H25FN4O. The molecule has 0 spiro atoms. The van der Waals surface area contributed by atoms with Crippen molar-refractivity contribution in [1.82, 2.24) is 9.97 Å². The van der Waals surface area contributed by atoms with E-state index >= 15 is 0 Å². The van der Waals surface area contributed by atoms with Crippen LogP contribution in [0.3, 0.4) is 0 Å². The normalized spacial score (nSPS) is 10.6. The molecule has 1 amide bonds. The minimum absolute atomic E-state index is 0.163. The van der Waals surface area contributed by atoms with Crippen molar-refractivity contribution in [2.75, 3.05) is 10.6 Å². The first-order valence-electron chi connectivity index (χ1n) is 11.0. The lowest BCUT2D eigenvalue weighted by Crippen LogP contribution is -2.11. The average molecular weight is 441 g/mol. The molecule has 166 valence electrons. The van der Waals surface area contributed by atoms with Crippen LogP contribution in [0, 0.1) is 5.82 Å². The third kappa shape index (κ3) is 6.01. The van der Waals surface area contributed by atoms with Gasteiger partial charge in [-0.3, -0.25) is 4.79 Å². The first-order chi connectivity index (χ1) is 16.1. The summed E-state index contributed by atoms with van der Waals surface area (Å²) in [5, 5.41) is 6.14. The van der Waals surface area contributed by atoms with E-state index in [0.29, 0.717) is 17.1 Å². The Bertz CT molecular complexity index is 1210. The second-order valence-electron chi connectivity index (χ2n) is 7.75. The second-order valence-corrected chi connectivity index (χ2v) is 7.75. The molecule has 0 fully saturated rings. The van der Waals surface area contributed by atoms with Gasteiger partial charge in [-0.1, -0.05) is 25.5 Å². The molecule has 5 nitrogen and oxygen atoms in total. The zero-order chi connectivity index (χ0) is 23.0. The van der Waals surface area contributed by atoms with Crippen molar-refractivity contribution in [2.45, 2.75) is 26.2 Å². The van der Waals surface area contributed by atoms with Crippen molar-refractivity contribution in [3.8, 4) is 11.3 Å². The van der Waals surface area contributed by atoms with E-state index in [1.165, 1.54) is 24.0 Å². The molecule has 4 aromatic rings. The Morgan fingerprint density at radius 1 is 0.879 bits per heavy atom. The van der Waals surface area contributed by atoms with Crippen LogP contribution in [-0.4, -0.2) is 15.9 Å². The van der Waals surface area contributed by atoms with E-state index in [2.05, 4.69) is 39.7 Å². The molecule has 0 bridgehead atoms. The standard InChI is InChI=1S/C27H25FN4O/c1-2-3-4-19-5-13-24(14-6-19)32-27(33)21-9-15-23(16-10-21)31-26-17-25(29-18-30-26)20-7-11-22(28)12-8-20/h5-18H,2-4H2,1H3,(H,32,33)(H,29,30,31). The number of aromatic nitrogens is 2. The van der Waals surface area contributed by atoms with Gasteiger partial charge in [0.1, 0.15) is 18.0 Å². The molecular weight excluding hydrogens is 415 g/mol. The van der Waals surface area contributed by atoms with E-state index < -0.39 is 0 Å². The summed E-state index contributed by atoms with van der Waals surface area (Å²) in [4.78, 5) is 21.1. The summed E-state index contributed by atoms with van der Waals surface area (Å²) in [5.41, 5.74) is 4.88. The van der Waals surface area contributed by atoms with Crippen molar-refractivity contribution in [3.63, 3.8) is 0 Å². The number of carbonyl (C=O) groups is 1. The molecule has 3 aromatic carbocycles. The predicted octanol–water partition coefficient (Wildman–Crippen LogP) is 6.62. The smallest absolute Gasteiger partial charge is 0.255 e. The number of amides is 1. The summed E-state index contributed by atoms with van der Waals surface area (Å²) in [7, 11) is 0. The summed E-state index contributed by atoms with van der Waals surface area (Å²) >= 11 is 0. The number of nitrogens with one attached hydrogen (secondary N) is 2. The third-order valence-corrected chi connectivity index (χ3v) is 5.26. The molecule has 1 aromatic heterocycles. The predicted molar refractivity (Wildman–Crippen MR) is 130 cm³/mol. The fourth-order valence-corrected chi connectivity index (χ4v) is 3.40. The van der Waals surface area contributed by atoms with E-state index in [4.69, 9.17) is 0 Å². The Kier molecular flexibility index (Phi) is 7.05. The number of halogens is 1. The Hall–Kier alpha value is -4.06. The zero-order valence-electron chi connectivity index (χ0n) is 18.4. The first-order valence-corrected chi connectivity index (χ1v) is 11.0. The van der Waals surface area contributed by atoms with Crippen LogP contribution >= 0.6 is 0 Å². The van der Waals surface area contributed by atoms with E-state index in [9.17, 15) is 9.18 Å². The van der Waals surface area contributed by atoms with Crippen LogP contribution in [0.5, 0.6) is 0 Å². The van der Waals surface area contributed by atoms with Gasteiger partial charge in [-0.25, -0.2) is 14.4 Å². The quantitative estimate of drug-likeness (QED) is 0.323. The highest BCUT2D eigenvalue weighted by molar-refractivity contribution is 6.04. The molecule has 4 rings (SSSR count). The second kappa shape index (κ2) is 10.5. The van der Waals surface area contributed by atoms with E-state index in [-0.39, 0.29) is 11.7 Å². The molecule has 0 saturated carbocycles. The van der Waals surface area contributed by atoms with Crippen LogP contribution in [0.1, 0.15) is 35.7 Å². The highest BCUT2D eigenvalue weighted by Gasteiger charge is 2.07. The van der Waals surface area contributed by atoms with Gasteiger partial charge in [-0.05, 0) is 79.1 Å². The average Bonchev–Trinajstić information content (AvgIpc) is 2.85. The van der Waals surface area contributed by atoms with E-state index in [1.807, 2.05) is 24.3 Å². The number of carbonyl (C=O) groups excluding carboxylic acids is 1. The summed E-state index contributed by atoms with van der Waals surface area (Å²) in [6, 6.07) is 23.1. The van der Waals surface area contributed by atoms with Crippen LogP contribution < -0.4 is 10.6 Å². The van der Waals surface area contributed by atoms with Gasteiger partial charge in [0.25, 0.3) is 5.91 Å². The van der Waals surface area contributed by atoms with Crippen molar-refractivity contribution in [2.24, 2.45) is 0 Å². The number of rotatable bonds is 8. The lowest BCUT2D eigenvalue weighted by molar-refractivity contribution is 0.102. The molecule has 0 unspecified atom stereocenters. The SMILES string of the molecule is CCCCc1ccc(NC(=O)c2ccc(Nc3cc(-c4ccc(F)cc4)ncn3)cc2)cc1. The monoisotopic (exact) mass is 440 g/mol. The molecule has 0 radical (unpaired) electrons. The Labute approximate surface area is 192 Å². The lowest BCUT2D eigenvalue weighted by Gasteiger charge is -2.09. The number of nitrogens with zero attached hydrogens (tertiary/aromatic N) is 2. The highest BCUT2D eigenvalue weighted by atomic mass is 19.1. The third-order valence-electron chi connectivity index (χ3n) is 5.26. The van der Waals surface area contributed by atoms with Crippen LogP contribution in [0.15, 0.2) is 85.2 Å². The van der Waals surface area contributed by atoms with Gasteiger partial charge in [0.15, 0.2) is 0 Å². The van der Waals surface area contributed by atoms with Gasteiger partial charge >= 0.3 is 0 Å². The number of anilines is 3. The fraction of sp³-hybridized carbons (Fsp3) is 0.148. The van der Waals surface area contributed by atoms with Crippen LogP contribution in [-0.2, 0) is 6.42 Å². The maximum absolute atomic E-state index is 13.2. The van der Waals surface area contributed by atoms with E-state index in [0.717, 1.165) is 36.2 Å². The van der Waals surface area contributed by atoms with Crippen molar-refractivity contribution < 1.29 is 9.18 Å². The number of hydrogen-bond acceptors (Lipinski definition) is 4. The molecule has 0 aliphatic rings. The van der Waals surface area contributed by atoms with Gasteiger partial charge in [0.2, 0.25) is 0 Å². The van der Waals surface area contributed by atoms with Gasteiger partial charge in [0.05, 0.1) is 5.69 Å². The first kappa shape index (κ1) is 22.1. The Balaban J connectivity index is 1.38. The van der Waals surface area contributed by atoms with Gasteiger partial charge < -0.3 is 10.6 Å². The molecule has 1 heterocycles. The number of unbranched alkanes of at least 4 members (excludes halogenated alkanes) is 1. The highest BCUT2D eigenvalue weighted by Crippen LogP contribution is 2.22. The van der Waals surface area contributed by atoms with Crippen LogP contribution in [0.25, 0.3) is 11.3 Å². The molecule has 0 atom stereocenters. The molecule has 0 aliphatic heterocycles. The van der Waals surface area contributed by atoms with Crippen molar-refractivity contribution in [1.29, 1.82) is 0 Å². The summed E-state index contributed by atoms with van der Waals surface area (Å²) in [5.74, 6) is 0.146.